The van der Waals surface area contributed by atoms with E-state index in [4.69, 9.17) is 23.2 Å². The van der Waals surface area contributed by atoms with Crippen molar-refractivity contribution in [3.05, 3.63) is 33.8 Å². The van der Waals surface area contributed by atoms with Gasteiger partial charge in [0.05, 0.1) is 6.54 Å². The number of piperidine rings is 1. The van der Waals surface area contributed by atoms with Crippen molar-refractivity contribution >= 4 is 29.1 Å². The standard InChI is InChI=1S/C16H22Cl2N2O/c1-12-3-2-8-20(11-12)16(21)10-19-7-6-13-4-5-14(17)9-15(13)18/h4-5,9,12,19H,2-3,6-8,10-11H2,1H3. The zero-order chi connectivity index (χ0) is 15.2. The van der Waals surface area contributed by atoms with E-state index in [1.807, 2.05) is 17.0 Å². The molecule has 1 fully saturated rings. The molecule has 0 bridgehead atoms. The molecule has 0 radical (unpaired) electrons. The fourth-order valence-corrected chi connectivity index (χ4v) is 3.17. The molecule has 0 aromatic heterocycles. The lowest BCUT2D eigenvalue weighted by molar-refractivity contribution is -0.131. The van der Waals surface area contributed by atoms with E-state index >= 15 is 0 Å². The summed E-state index contributed by atoms with van der Waals surface area (Å²) < 4.78 is 0. The van der Waals surface area contributed by atoms with Crippen LogP contribution in [0.15, 0.2) is 18.2 Å². The highest BCUT2D eigenvalue weighted by atomic mass is 35.5. The van der Waals surface area contributed by atoms with Gasteiger partial charge in [0.25, 0.3) is 0 Å². The van der Waals surface area contributed by atoms with E-state index in [0.29, 0.717) is 22.5 Å². The Morgan fingerprint density at radius 2 is 2.24 bits per heavy atom. The Morgan fingerprint density at radius 3 is 2.95 bits per heavy atom. The number of amides is 1. The molecular formula is C16H22Cl2N2O. The lowest BCUT2D eigenvalue weighted by Crippen LogP contribution is -2.43. The van der Waals surface area contributed by atoms with Crippen molar-refractivity contribution in [2.24, 2.45) is 5.92 Å². The predicted molar refractivity (Wildman–Crippen MR) is 88.0 cm³/mol. The second kappa shape index (κ2) is 8.02. The van der Waals surface area contributed by atoms with Crippen LogP contribution >= 0.6 is 23.2 Å². The number of hydrogen-bond acceptors (Lipinski definition) is 2. The van der Waals surface area contributed by atoms with Crippen molar-refractivity contribution in [3.8, 4) is 0 Å². The Labute approximate surface area is 136 Å². The number of carbonyl (C=O) groups excluding carboxylic acids is 1. The molecule has 1 saturated heterocycles. The molecule has 1 N–H and O–H groups in total. The zero-order valence-electron chi connectivity index (χ0n) is 12.4. The third kappa shape index (κ3) is 5.17. The predicted octanol–water partition coefficient (Wildman–Crippen LogP) is 3.38. The number of halogens is 2. The molecule has 0 aliphatic carbocycles. The highest BCUT2D eigenvalue weighted by Crippen LogP contribution is 2.21. The second-order valence-corrected chi connectivity index (χ2v) is 6.59. The number of hydrogen-bond donors (Lipinski definition) is 1. The molecule has 1 atom stereocenters. The maximum absolute atomic E-state index is 12.1. The summed E-state index contributed by atoms with van der Waals surface area (Å²) in [6.07, 6.45) is 3.14. The minimum atomic E-state index is 0.198. The molecule has 1 aliphatic heterocycles. The normalized spacial score (nSPS) is 18.8. The van der Waals surface area contributed by atoms with Gasteiger partial charge in [-0.25, -0.2) is 0 Å². The number of likely N-dealkylation sites (tertiary alicyclic amines) is 1. The molecule has 1 heterocycles. The topological polar surface area (TPSA) is 32.3 Å². The van der Waals surface area contributed by atoms with Crippen LogP contribution in [0.3, 0.4) is 0 Å². The van der Waals surface area contributed by atoms with Gasteiger partial charge in [-0.05, 0) is 49.4 Å². The molecule has 1 aromatic carbocycles. The summed E-state index contributed by atoms with van der Waals surface area (Å²) in [5, 5.41) is 4.53. The van der Waals surface area contributed by atoms with Crippen LogP contribution in [0.4, 0.5) is 0 Å². The third-order valence-electron chi connectivity index (χ3n) is 3.87. The summed E-state index contributed by atoms with van der Waals surface area (Å²) in [6, 6.07) is 5.52. The average molecular weight is 329 g/mol. The van der Waals surface area contributed by atoms with Gasteiger partial charge in [-0.1, -0.05) is 36.2 Å². The monoisotopic (exact) mass is 328 g/mol. The van der Waals surface area contributed by atoms with Gasteiger partial charge in [0, 0.05) is 23.1 Å². The molecule has 21 heavy (non-hydrogen) atoms. The number of carbonyl (C=O) groups is 1. The van der Waals surface area contributed by atoms with Crippen molar-refractivity contribution in [3.63, 3.8) is 0 Å². The molecular weight excluding hydrogens is 307 g/mol. The largest absolute Gasteiger partial charge is 0.341 e. The molecule has 3 nitrogen and oxygen atoms in total. The Bertz CT molecular complexity index is 493. The van der Waals surface area contributed by atoms with Crippen LogP contribution in [0.5, 0.6) is 0 Å². The van der Waals surface area contributed by atoms with E-state index < -0.39 is 0 Å². The lowest BCUT2D eigenvalue weighted by Gasteiger charge is -2.31. The molecule has 116 valence electrons. The third-order valence-corrected chi connectivity index (χ3v) is 4.46. The smallest absolute Gasteiger partial charge is 0.236 e. The molecule has 0 saturated carbocycles. The van der Waals surface area contributed by atoms with Gasteiger partial charge >= 0.3 is 0 Å². The number of rotatable bonds is 5. The van der Waals surface area contributed by atoms with E-state index in [2.05, 4.69) is 12.2 Å². The van der Waals surface area contributed by atoms with Crippen LogP contribution in [0.1, 0.15) is 25.3 Å². The van der Waals surface area contributed by atoms with Crippen molar-refractivity contribution in [2.45, 2.75) is 26.2 Å². The van der Waals surface area contributed by atoms with Crippen molar-refractivity contribution < 1.29 is 4.79 Å². The van der Waals surface area contributed by atoms with Crippen LogP contribution in [-0.4, -0.2) is 37.0 Å². The minimum absolute atomic E-state index is 0.198. The van der Waals surface area contributed by atoms with Gasteiger partial charge < -0.3 is 10.2 Å². The fraction of sp³-hybridized carbons (Fsp3) is 0.562. The lowest BCUT2D eigenvalue weighted by atomic mass is 10.0. The maximum Gasteiger partial charge on any atom is 0.236 e. The minimum Gasteiger partial charge on any atom is -0.341 e. The first kappa shape index (κ1) is 16.6. The van der Waals surface area contributed by atoms with E-state index in [1.54, 1.807) is 6.07 Å². The summed E-state index contributed by atoms with van der Waals surface area (Å²) in [5.41, 5.74) is 1.05. The first-order valence-electron chi connectivity index (χ1n) is 7.48. The Balaban J connectivity index is 1.70. The summed E-state index contributed by atoms with van der Waals surface area (Å²) in [4.78, 5) is 14.1. The summed E-state index contributed by atoms with van der Waals surface area (Å²) in [6.45, 7) is 5.13. The second-order valence-electron chi connectivity index (χ2n) is 5.75. The van der Waals surface area contributed by atoms with Crippen molar-refractivity contribution in [1.29, 1.82) is 0 Å². The molecule has 5 heteroatoms. The van der Waals surface area contributed by atoms with Gasteiger partial charge in [-0.2, -0.15) is 0 Å². The zero-order valence-corrected chi connectivity index (χ0v) is 13.9. The molecule has 2 rings (SSSR count). The van der Waals surface area contributed by atoms with Crippen molar-refractivity contribution in [2.75, 3.05) is 26.2 Å². The molecule has 1 unspecified atom stereocenters. The number of nitrogens with one attached hydrogen (secondary N) is 1. The number of benzene rings is 1. The van der Waals surface area contributed by atoms with Crippen LogP contribution in [0.25, 0.3) is 0 Å². The van der Waals surface area contributed by atoms with E-state index in [1.165, 1.54) is 6.42 Å². The summed E-state index contributed by atoms with van der Waals surface area (Å²) in [7, 11) is 0. The first-order valence-corrected chi connectivity index (χ1v) is 8.24. The highest BCUT2D eigenvalue weighted by molar-refractivity contribution is 6.35. The van der Waals surface area contributed by atoms with E-state index in [-0.39, 0.29) is 5.91 Å². The van der Waals surface area contributed by atoms with Crippen molar-refractivity contribution in [1.82, 2.24) is 10.2 Å². The Morgan fingerprint density at radius 1 is 1.43 bits per heavy atom. The quantitative estimate of drug-likeness (QED) is 0.840. The number of nitrogens with zero attached hydrogens (tertiary/aromatic N) is 1. The summed E-state index contributed by atoms with van der Waals surface area (Å²) in [5.74, 6) is 0.819. The highest BCUT2D eigenvalue weighted by Gasteiger charge is 2.20. The maximum atomic E-state index is 12.1. The van der Waals surface area contributed by atoms with Crippen LogP contribution in [-0.2, 0) is 11.2 Å². The van der Waals surface area contributed by atoms with Crippen LogP contribution in [0, 0.1) is 5.92 Å². The first-order chi connectivity index (χ1) is 10.1. The fourth-order valence-electron chi connectivity index (χ4n) is 2.67. The van der Waals surface area contributed by atoms with Gasteiger partial charge in [-0.15, -0.1) is 0 Å². The Hall–Kier alpha value is -0.770. The van der Waals surface area contributed by atoms with Crippen LogP contribution < -0.4 is 5.32 Å². The van der Waals surface area contributed by atoms with Gasteiger partial charge in [0.15, 0.2) is 0 Å². The van der Waals surface area contributed by atoms with E-state index in [0.717, 1.165) is 38.0 Å². The molecule has 0 spiro atoms. The van der Waals surface area contributed by atoms with Crippen LogP contribution in [0.2, 0.25) is 10.0 Å². The van der Waals surface area contributed by atoms with E-state index in [9.17, 15) is 4.79 Å². The SMILES string of the molecule is CC1CCCN(C(=O)CNCCc2ccc(Cl)cc2Cl)C1. The average Bonchev–Trinajstić information content (AvgIpc) is 2.45. The van der Waals surface area contributed by atoms with Gasteiger partial charge in [-0.3, -0.25) is 4.79 Å². The molecule has 1 amide bonds. The summed E-state index contributed by atoms with van der Waals surface area (Å²) >= 11 is 12.0. The molecule has 1 aliphatic rings. The van der Waals surface area contributed by atoms with Gasteiger partial charge in [0.1, 0.15) is 0 Å². The van der Waals surface area contributed by atoms with Gasteiger partial charge in [0.2, 0.25) is 5.91 Å². The Kier molecular flexibility index (Phi) is 6.34. The molecule has 1 aromatic rings.